The Hall–Kier alpha value is -2.91. The molecule has 3 rings (SSSR count). The Morgan fingerprint density at radius 2 is 0.920 bits per heavy atom. The number of rotatable bonds is 4. The van der Waals surface area contributed by atoms with Crippen LogP contribution in [0.15, 0.2) is 82.8 Å². The van der Waals surface area contributed by atoms with Gasteiger partial charge >= 0.3 is 0 Å². The fraction of sp³-hybridized carbons (Fsp3) is 0. The minimum absolute atomic E-state index is 0. The van der Waals surface area contributed by atoms with Crippen LogP contribution in [-0.2, 0) is 16.5 Å². The van der Waals surface area contributed by atoms with Crippen LogP contribution in [0, 0.1) is 0 Å². The van der Waals surface area contributed by atoms with E-state index in [1.807, 2.05) is 12.1 Å². The van der Waals surface area contributed by atoms with Crippen molar-refractivity contribution in [3.63, 3.8) is 0 Å². The summed E-state index contributed by atoms with van der Waals surface area (Å²) in [5.41, 5.74) is 2.28. The maximum atomic E-state index is 11.7. The van der Waals surface area contributed by atoms with Gasteiger partial charge in [-0.1, -0.05) is 60.7 Å². The van der Waals surface area contributed by atoms with E-state index in [0.717, 1.165) is 0 Å². The van der Waals surface area contributed by atoms with Crippen LogP contribution in [0.2, 0.25) is 0 Å². The van der Waals surface area contributed by atoms with Crippen molar-refractivity contribution in [2.45, 2.75) is 0 Å². The summed E-state index contributed by atoms with van der Waals surface area (Å²) >= 11 is 0. The number of aliphatic imine (C=N–C) groups is 2. The second-order valence-corrected chi connectivity index (χ2v) is 5.08. The summed E-state index contributed by atoms with van der Waals surface area (Å²) in [6, 6.07) is 20.7. The van der Waals surface area contributed by atoms with Gasteiger partial charge in [-0.15, -0.1) is 11.5 Å². The van der Waals surface area contributed by atoms with E-state index >= 15 is 0 Å². The number of para-hydroxylation sites is 4. The van der Waals surface area contributed by atoms with Gasteiger partial charge in [-0.3, -0.25) is 9.98 Å². The second kappa shape index (κ2) is 8.81. The van der Waals surface area contributed by atoms with Crippen molar-refractivity contribution in [2.24, 2.45) is 9.98 Å². The Morgan fingerprint density at radius 1 is 0.560 bits per heavy atom. The van der Waals surface area contributed by atoms with Crippen molar-refractivity contribution >= 4 is 23.8 Å². The first kappa shape index (κ1) is 18.4. The molecule has 0 heterocycles. The van der Waals surface area contributed by atoms with E-state index in [2.05, 4.69) is 9.98 Å². The van der Waals surface area contributed by atoms with E-state index < -0.39 is 0 Å². The monoisotopic (exact) mass is 372 g/mol. The molecule has 0 unspecified atom stereocenters. The maximum absolute atomic E-state index is 11.7. The summed E-state index contributed by atoms with van der Waals surface area (Å²) in [6.07, 6.45) is 3.05. The summed E-state index contributed by atoms with van der Waals surface area (Å²) in [5.74, 6) is -0.162. The van der Waals surface area contributed by atoms with Crippen molar-refractivity contribution in [2.75, 3.05) is 0 Å². The van der Waals surface area contributed by atoms with Gasteiger partial charge in [0.05, 0.1) is 11.4 Å². The van der Waals surface area contributed by atoms with Crippen molar-refractivity contribution in [3.05, 3.63) is 83.9 Å². The third-order valence-electron chi connectivity index (χ3n) is 3.41. The topological polar surface area (TPSA) is 70.8 Å². The van der Waals surface area contributed by atoms with Crippen molar-refractivity contribution in [1.29, 1.82) is 0 Å². The van der Waals surface area contributed by atoms with E-state index in [4.69, 9.17) is 0 Å². The Labute approximate surface area is 156 Å². The van der Waals surface area contributed by atoms with Crippen LogP contribution in [0.5, 0.6) is 11.5 Å². The Balaban J connectivity index is 0.00000225. The molecule has 5 heteroatoms. The molecule has 0 aliphatic rings. The Kier molecular flexibility index (Phi) is 6.49. The zero-order valence-electron chi connectivity index (χ0n) is 13.1. The van der Waals surface area contributed by atoms with Gasteiger partial charge in [0, 0.05) is 28.9 Å². The maximum Gasteiger partial charge on any atom is 0.0886 e. The third-order valence-corrected chi connectivity index (χ3v) is 3.41. The number of hydrogen-bond donors (Lipinski definition) is 0. The smallest absolute Gasteiger partial charge is 0.0886 e. The van der Waals surface area contributed by atoms with Gasteiger partial charge in [-0.25, -0.2) is 0 Å². The van der Waals surface area contributed by atoms with Gasteiger partial charge in [0.15, 0.2) is 0 Å². The first-order chi connectivity index (χ1) is 11.7. The summed E-state index contributed by atoms with van der Waals surface area (Å²) in [7, 11) is 0. The molecule has 0 amide bonds. The Bertz CT molecular complexity index is 833. The molecule has 4 nitrogen and oxygen atoms in total. The minimum Gasteiger partial charge on any atom is -0.872 e. The summed E-state index contributed by atoms with van der Waals surface area (Å²) < 4.78 is 0. The molecule has 0 aliphatic carbocycles. The van der Waals surface area contributed by atoms with Crippen LogP contribution in [0.3, 0.4) is 0 Å². The van der Waals surface area contributed by atoms with Crippen LogP contribution in [0.25, 0.3) is 0 Å². The van der Waals surface area contributed by atoms with E-state index in [9.17, 15) is 10.2 Å². The van der Waals surface area contributed by atoms with E-state index in [0.29, 0.717) is 22.5 Å². The molecule has 0 radical (unpaired) electrons. The SMILES string of the molecule is [Ni].[O-]c1ccccc1C=Nc1ccccc1N=Cc1ccccc1[O-]. The van der Waals surface area contributed by atoms with Gasteiger partial charge in [0.25, 0.3) is 0 Å². The fourth-order valence-electron chi connectivity index (χ4n) is 2.14. The minimum atomic E-state index is -0.0810. The van der Waals surface area contributed by atoms with E-state index in [1.165, 1.54) is 24.6 Å². The van der Waals surface area contributed by atoms with Crippen LogP contribution in [-0.4, -0.2) is 12.4 Å². The van der Waals surface area contributed by atoms with Gasteiger partial charge in [0.1, 0.15) is 0 Å². The largest absolute Gasteiger partial charge is 0.872 e. The van der Waals surface area contributed by atoms with Crippen LogP contribution in [0.4, 0.5) is 11.4 Å². The number of hydrogen-bond acceptors (Lipinski definition) is 4. The third kappa shape index (κ3) is 4.78. The Morgan fingerprint density at radius 3 is 1.32 bits per heavy atom. The molecular formula is C20H14N2NiO2-2. The van der Waals surface area contributed by atoms with Crippen molar-refractivity contribution in [3.8, 4) is 11.5 Å². The normalized spacial score (nSPS) is 10.9. The molecule has 0 aromatic heterocycles. The first-order valence-corrected chi connectivity index (χ1v) is 7.43. The predicted octanol–water partition coefficient (Wildman–Crippen LogP) is 3.33. The average molecular weight is 373 g/mol. The molecule has 0 aliphatic heterocycles. The summed E-state index contributed by atoms with van der Waals surface area (Å²) in [4.78, 5) is 8.71. The van der Waals surface area contributed by atoms with Gasteiger partial charge < -0.3 is 10.2 Å². The molecule has 3 aromatic rings. The van der Waals surface area contributed by atoms with Gasteiger partial charge in [-0.2, -0.15) is 0 Å². The van der Waals surface area contributed by atoms with Gasteiger partial charge in [-0.05, 0) is 23.3 Å². The second-order valence-electron chi connectivity index (χ2n) is 5.08. The summed E-state index contributed by atoms with van der Waals surface area (Å²) in [5, 5.41) is 23.4. The van der Waals surface area contributed by atoms with E-state index in [-0.39, 0.29) is 28.0 Å². The van der Waals surface area contributed by atoms with Crippen molar-refractivity contribution in [1.82, 2.24) is 0 Å². The number of nitrogens with zero attached hydrogens (tertiary/aromatic N) is 2. The molecule has 3 aromatic carbocycles. The molecule has 0 fully saturated rings. The molecular weight excluding hydrogens is 359 g/mol. The van der Waals surface area contributed by atoms with Crippen LogP contribution in [0.1, 0.15) is 11.1 Å². The molecule has 0 N–H and O–H groups in total. The summed E-state index contributed by atoms with van der Waals surface area (Å²) in [6.45, 7) is 0. The molecule has 128 valence electrons. The molecule has 25 heavy (non-hydrogen) atoms. The standard InChI is InChI=1S/C20H16N2O2.Ni/c23-19-11-5-1-7-15(19)13-21-17-9-3-4-10-18(17)22-14-16-8-2-6-12-20(16)24;/h1-14,23-24H;/p-2. The average Bonchev–Trinajstić information content (AvgIpc) is 2.61. The van der Waals surface area contributed by atoms with Crippen LogP contribution < -0.4 is 10.2 Å². The predicted molar refractivity (Wildman–Crippen MR) is 92.7 cm³/mol. The fourth-order valence-corrected chi connectivity index (χ4v) is 2.14. The molecule has 0 atom stereocenters. The first-order valence-electron chi connectivity index (χ1n) is 7.43. The zero-order chi connectivity index (χ0) is 16.8. The molecule has 0 saturated heterocycles. The van der Waals surface area contributed by atoms with Crippen LogP contribution >= 0.6 is 0 Å². The van der Waals surface area contributed by atoms with Gasteiger partial charge in [0.2, 0.25) is 0 Å². The molecule has 0 saturated carbocycles. The molecule has 0 bridgehead atoms. The molecule has 0 spiro atoms. The quantitative estimate of drug-likeness (QED) is 0.520. The number of benzene rings is 3. The zero-order valence-corrected chi connectivity index (χ0v) is 14.1. The van der Waals surface area contributed by atoms with Crippen molar-refractivity contribution < 1.29 is 26.7 Å². The van der Waals surface area contributed by atoms with E-state index in [1.54, 1.807) is 48.5 Å².